The topological polar surface area (TPSA) is 68.5 Å². The van der Waals surface area contributed by atoms with Gasteiger partial charge in [-0.15, -0.1) is 0 Å². The summed E-state index contributed by atoms with van der Waals surface area (Å²) in [4.78, 5) is 18.7. The van der Waals surface area contributed by atoms with Gasteiger partial charge in [0.25, 0.3) is 5.89 Å². The van der Waals surface area contributed by atoms with Crippen LogP contribution >= 0.6 is 0 Å². The quantitative estimate of drug-likeness (QED) is 0.867. The van der Waals surface area contributed by atoms with Crippen molar-refractivity contribution >= 4 is 5.91 Å². The fourth-order valence-corrected chi connectivity index (χ4v) is 2.65. The van der Waals surface area contributed by atoms with Crippen LogP contribution in [0.5, 0.6) is 0 Å². The first-order valence-electron chi connectivity index (χ1n) is 7.91. The Morgan fingerprint density at radius 2 is 2.13 bits per heavy atom. The van der Waals surface area contributed by atoms with Crippen molar-refractivity contribution in [3.63, 3.8) is 0 Å². The van der Waals surface area contributed by atoms with E-state index in [1.807, 2.05) is 49.1 Å². The lowest BCUT2D eigenvalue weighted by Gasteiger charge is -2.34. The Hall–Kier alpha value is -2.21. The number of morpholine rings is 1. The SMILES string of the molecule is CC(C)CC(=O)N1CCOC[C@H]1c1noc(-c2ccccc2)n1. The summed E-state index contributed by atoms with van der Waals surface area (Å²) in [5, 5.41) is 4.07. The number of rotatable bonds is 4. The van der Waals surface area contributed by atoms with Gasteiger partial charge in [-0.2, -0.15) is 4.98 Å². The molecule has 0 saturated carbocycles. The van der Waals surface area contributed by atoms with E-state index in [1.54, 1.807) is 0 Å². The summed E-state index contributed by atoms with van der Waals surface area (Å²) in [6, 6.07) is 9.31. The maximum Gasteiger partial charge on any atom is 0.257 e. The molecule has 6 heteroatoms. The molecule has 0 unspecified atom stereocenters. The zero-order valence-electron chi connectivity index (χ0n) is 13.4. The van der Waals surface area contributed by atoms with Crippen molar-refractivity contribution in [2.45, 2.75) is 26.3 Å². The molecular formula is C17H21N3O3. The van der Waals surface area contributed by atoms with Gasteiger partial charge in [0.1, 0.15) is 6.04 Å². The van der Waals surface area contributed by atoms with Gasteiger partial charge in [0.05, 0.1) is 13.2 Å². The van der Waals surface area contributed by atoms with E-state index in [2.05, 4.69) is 10.1 Å². The second kappa shape index (κ2) is 6.91. The van der Waals surface area contributed by atoms with Gasteiger partial charge in [-0.25, -0.2) is 0 Å². The molecule has 6 nitrogen and oxygen atoms in total. The number of hydrogen-bond acceptors (Lipinski definition) is 5. The Kier molecular flexibility index (Phi) is 4.71. The third-order valence-electron chi connectivity index (χ3n) is 3.79. The molecule has 1 fully saturated rings. The zero-order valence-corrected chi connectivity index (χ0v) is 13.4. The van der Waals surface area contributed by atoms with Gasteiger partial charge < -0.3 is 14.2 Å². The number of ether oxygens (including phenoxy) is 1. The zero-order chi connectivity index (χ0) is 16.2. The van der Waals surface area contributed by atoms with Crippen molar-refractivity contribution in [3.8, 4) is 11.5 Å². The van der Waals surface area contributed by atoms with Crippen LogP contribution in [0.3, 0.4) is 0 Å². The van der Waals surface area contributed by atoms with Crippen LogP contribution in [0.1, 0.15) is 32.1 Å². The molecule has 1 saturated heterocycles. The number of hydrogen-bond donors (Lipinski definition) is 0. The minimum atomic E-state index is -0.281. The Morgan fingerprint density at radius 1 is 1.35 bits per heavy atom. The van der Waals surface area contributed by atoms with Gasteiger partial charge >= 0.3 is 0 Å². The predicted octanol–water partition coefficient (Wildman–Crippen LogP) is 2.68. The van der Waals surface area contributed by atoms with E-state index in [-0.39, 0.29) is 11.9 Å². The summed E-state index contributed by atoms with van der Waals surface area (Å²) < 4.78 is 10.9. The number of nitrogens with zero attached hydrogens (tertiary/aromatic N) is 3. The highest BCUT2D eigenvalue weighted by atomic mass is 16.5. The van der Waals surface area contributed by atoms with Gasteiger partial charge in [0.15, 0.2) is 5.82 Å². The van der Waals surface area contributed by atoms with Crippen LogP contribution in [0.2, 0.25) is 0 Å². The molecule has 2 aromatic rings. The smallest absolute Gasteiger partial charge is 0.257 e. The molecule has 0 N–H and O–H groups in total. The summed E-state index contributed by atoms with van der Waals surface area (Å²) in [5.41, 5.74) is 0.864. The standard InChI is InChI=1S/C17H21N3O3/c1-12(2)10-15(21)20-8-9-22-11-14(20)16-18-17(23-19-16)13-6-4-3-5-7-13/h3-7,12,14H,8-11H2,1-2H3/t14-/m0/s1. The highest BCUT2D eigenvalue weighted by molar-refractivity contribution is 5.77. The molecule has 3 rings (SSSR count). The average Bonchev–Trinajstić information content (AvgIpc) is 3.05. The first kappa shape index (κ1) is 15.7. The van der Waals surface area contributed by atoms with E-state index in [4.69, 9.17) is 9.26 Å². The Balaban J connectivity index is 1.81. The Morgan fingerprint density at radius 3 is 2.87 bits per heavy atom. The number of aromatic nitrogens is 2. The van der Waals surface area contributed by atoms with E-state index < -0.39 is 0 Å². The maximum atomic E-state index is 12.5. The summed E-state index contributed by atoms with van der Waals surface area (Å²) in [5.74, 6) is 1.39. The monoisotopic (exact) mass is 315 g/mol. The summed E-state index contributed by atoms with van der Waals surface area (Å²) in [6.07, 6.45) is 0.514. The van der Waals surface area contributed by atoms with Crippen LogP contribution in [-0.2, 0) is 9.53 Å². The number of benzene rings is 1. The lowest BCUT2D eigenvalue weighted by atomic mass is 10.1. The number of carbonyl (C=O) groups excluding carboxylic acids is 1. The first-order valence-corrected chi connectivity index (χ1v) is 7.91. The van der Waals surface area contributed by atoms with Gasteiger partial charge in [-0.3, -0.25) is 4.79 Å². The third-order valence-corrected chi connectivity index (χ3v) is 3.79. The molecule has 0 radical (unpaired) electrons. The third kappa shape index (κ3) is 3.59. The molecular weight excluding hydrogens is 294 g/mol. The lowest BCUT2D eigenvalue weighted by molar-refractivity contribution is -0.141. The molecule has 1 aromatic heterocycles. The van der Waals surface area contributed by atoms with Crippen molar-refractivity contribution in [2.75, 3.05) is 19.8 Å². The van der Waals surface area contributed by atoms with Crippen LogP contribution in [0, 0.1) is 5.92 Å². The van der Waals surface area contributed by atoms with E-state index in [0.29, 0.717) is 43.8 Å². The minimum Gasteiger partial charge on any atom is -0.377 e. The fourth-order valence-electron chi connectivity index (χ4n) is 2.65. The molecule has 2 heterocycles. The van der Waals surface area contributed by atoms with Gasteiger partial charge in [-0.05, 0) is 18.1 Å². The van der Waals surface area contributed by atoms with Gasteiger partial charge in [-0.1, -0.05) is 37.2 Å². The predicted molar refractivity (Wildman–Crippen MR) is 84.5 cm³/mol. The van der Waals surface area contributed by atoms with Crippen molar-refractivity contribution in [2.24, 2.45) is 5.92 Å². The lowest BCUT2D eigenvalue weighted by Crippen LogP contribution is -2.44. The summed E-state index contributed by atoms with van der Waals surface area (Å²) >= 11 is 0. The van der Waals surface area contributed by atoms with E-state index >= 15 is 0 Å². The van der Waals surface area contributed by atoms with Gasteiger partial charge in [0, 0.05) is 18.5 Å². The van der Waals surface area contributed by atoms with Crippen LogP contribution in [0.15, 0.2) is 34.9 Å². The Bertz CT molecular complexity index is 654. The van der Waals surface area contributed by atoms with E-state index in [9.17, 15) is 4.79 Å². The maximum absolute atomic E-state index is 12.5. The van der Waals surface area contributed by atoms with Crippen molar-refractivity contribution in [1.29, 1.82) is 0 Å². The van der Waals surface area contributed by atoms with Gasteiger partial charge in [0.2, 0.25) is 5.91 Å². The molecule has 1 atom stereocenters. The van der Waals surface area contributed by atoms with Crippen molar-refractivity contribution < 1.29 is 14.1 Å². The molecule has 1 aliphatic rings. The molecule has 122 valence electrons. The largest absolute Gasteiger partial charge is 0.377 e. The first-order chi connectivity index (χ1) is 11.1. The number of amides is 1. The molecule has 23 heavy (non-hydrogen) atoms. The number of carbonyl (C=O) groups is 1. The molecule has 0 bridgehead atoms. The highest BCUT2D eigenvalue weighted by Gasteiger charge is 2.32. The molecule has 0 spiro atoms. The average molecular weight is 315 g/mol. The highest BCUT2D eigenvalue weighted by Crippen LogP contribution is 2.26. The molecule has 0 aliphatic carbocycles. The van der Waals surface area contributed by atoms with Crippen LogP contribution in [0.25, 0.3) is 11.5 Å². The van der Waals surface area contributed by atoms with E-state index in [1.165, 1.54) is 0 Å². The van der Waals surface area contributed by atoms with Crippen LogP contribution in [-0.4, -0.2) is 40.7 Å². The second-order valence-corrected chi connectivity index (χ2v) is 6.10. The Labute approximate surface area is 135 Å². The molecule has 1 aliphatic heterocycles. The van der Waals surface area contributed by atoms with E-state index in [0.717, 1.165) is 5.56 Å². The fraction of sp³-hybridized carbons (Fsp3) is 0.471. The summed E-state index contributed by atoms with van der Waals surface area (Å²) in [7, 11) is 0. The molecule has 1 aromatic carbocycles. The summed E-state index contributed by atoms with van der Waals surface area (Å²) in [6.45, 7) is 5.58. The van der Waals surface area contributed by atoms with Crippen LogP contribution in [0.4, 0.5) is 0 Å². The second-order valence-electron chi connectivity index (χ2n) is 6.10. The van der Waals surface area contributed by atoms with Crippen molar-refractivity contribution in [3.05, 3.63) is 36.2 Å². The normalized spacial score (nSPS) is 18.4. The molecule has 1 amide bonds. The van der Waals surface area contributed by atoms with Crippen LogP contribution < -0.4 is 0 Å². The van der Waals surface area contributed by atoms with Crippen molar-refractivity contribution in [1.82, 2.24) is 15.0 Å². The minimum absolute atomic E-state index is 0.111.